The van der Waals surface area contributed by atoms with Gasteiger partial charge in [-0.2, -0.15) is 0 Å². The number of aryl methyl sites for hydroxylation is 1. The van der Waals surface area contributed by atoms with E-state index in [1.54, 1.807) is 23.6 Å². The quantitative estimate of drug-likeness (QED) is 0.562. The van der Waals surface area contributed by atoms with Gasteiger partial charge in [0.25, 0.3) is 10.0 Å². The number of halogens is 1. The van der Waals surface area contributed by atoms with E-state index in [1.165, 1.54) is 53.2 Å². The predicted octanol–water partition coefficient (Wildman–Crippen LogP) is 4.69. The number of fused-ring (bicyclic) bond motifs is 1. The summed E-state index contributed by atoms with van der Waals surface area (Å²) in [5.41, 5.74) is 2.41. The van der Waals surface area contributed by atoms with E-state index in [9.17, 15) is 17.6 Å². The number of anilines is 2. The van der Waals surface area contributed by atoms with Crippen molar-refractivity contribution in [1.82, 2.24) is 0 Å². The summed E-state index contributed by atoms with van der Waals surface area (Å²) in [5, 5.41) is 4.59. The van der Waals surface area contributed by atoms with E-state index in [-0.39, 0.29) is 11.4 Å². The number of ether oxygens (including phenoxy) is 1. The molecule has 0 radical (unpaired) electrons. The van der Waals surface area contributed by atoms with Crippen LogP contribution >= 0.6 is 11.3 Å². The molecule has 160 valence electrons. The number of nitrogens with one attached hydrogen (secondary N) is 1. The van der Waals surface area contributed by atoms with Gasteiger partial charge < -0.3 is 10.1 Å². The highest BCUT2D eigenvalue weighted by molar-refractivity contribution is 7.97. The number of ketones is 1. The highest BCUT2D eigenvalue weighted by Crippen LogP contribution is 2.39. The molecule has 9 heteroatoms. The molecule has 4 rings (SSSR count). The molecule has 3 aromatic rings. The molecule has 0 saturated carbocycles. The summed E-state index contributed by atoms with van der Waals surface area (Å²) in [6, 6.07) is 12.6. The van der Waals surface area contributed by atoms with Crippen molar-refractivity contribution >= 4 is 38.5 Å². The third kappa shape index (κ3) is 3.94. The summed E-state index contributed by atoms with van der Waals surface area (Å²) in [5.74, 6) is -0.462. The van der Waals surface area contributed by atoms with Gasteiger partial charge in [0, 0.05) is 6.20 Å². The maximum absolute atomic E-state index is 13.4. The minimum atomic E-state index is -4.15. The number of Topliss-reactive ketones (excluding diaryl/α,β-unsaturated/α-hetero) is 1. The second-order valence-corrected chi connectivity index (χ2v) is 9.71. The average molecular weight is 459 g/mol. The number of thiophene rings is 1. The zero-order chi connectivity index (χ0) is 22.2. The molecule has 1 aliphatic heterocycles. The Bertz CT molecular complexity index is 1280. The first kappa shape index (κ1) is 21.1. The van der Waals surface area contributed by atoms with Gasteiger partial charge in [-0.1, -0.05) is 18.2 Å². The Balaban J connectivity index is 1.75. The second-order valence-electron chi connectivity index (χ2n) is 6.96. The number of carbonyl (C=O) groups excluding carboxylic acids is 1. The maximum atomic E-state index is 13.4. The summed E-state index contributed by atoms with van der Waals surface area (Å²) in [6.45, 7) is 1.87. The molecule has 31 heavy (non-hydrogen) atoms. The minimum Gasteiger partial charge on any atom is -0.495 e. The van der Waals surface area contributed by atoms with Gasteiger partial charge >= 0.3 is 0 Å². The number of benzene rings is 2. The summed E-state index contributed by atoms with van der Waals surface area (Å²) < 4.78 is 46.5. The number of hydrogen-bond acceptors (Lipinski definition) is 6. The van der Waals surface area contributed by atoms with E-state index < -0.39 is 21.6 Å². The van der Waals surface area contributed by atoms with Crippen molar-refractivity contribution in [2.75, 3.05) is 16.7 Å². The lowest BCUT2D eigenvalue weighted by atomic mass is 10.2. The highest BCUT2D eigenvalue weighted by atomic mass is 32.2. The molecule has 0 spiro atoms. The van der Waals surface area contributed by atoms with Crippen LogP contribution in [0.15, 0.2) is 65.0 Å². The molecule has 6 nitrogen and oxygen atoms in total. The van der Waals surface area contributed by atoms with Crippen LogP contribution in [0.4, 0.5) is 15.8 Å². The first-order chi connectivity index (χ1) is 14.8. The van der Waals surface area contributed by atoms with Crippen molar-refractivity contribution in [1.29, 1.82) is 0 Å². The number of rotatable bonds is 5. The van der Waals surface area contributed by atoms with E-state index >= 15 is 0 Å². The number of allylic oxidation sites excluding steroid dienone is 1. The average Bonchev–Trinajstić information content (AvgIpc) is 3.22. The van der Waals surface area contributed by atoms with E-state index in [0.29, 0.717) is 27.6 Å². The van der Waals surface area contributed by atoms with Crippen LogP contribution in [0.25, 0.3) is 0 Å². The van der Waals surface area contributed by atoms with Crippen LogP contribution in [0.5, 0.6) is 5.75 Å². The lowest BCUT2D eigenvalue weighted by Crippen LogP contribution is -2.38. The summed E-state index contributed by atoms with van der Waals surface area (Å²) in [7, 11) is -2.64. The van der Waals surface area contributed by atoms with Crippen LogP contribution in [-0.2, 0) is 16.6 Å². The lowest BCUT2D eigenvalue weighted by molar-refractivity contribution is 0.104. The normalized spacial score (nSPS) is 16.3. The largest absolute Gasteiger partial charge is 0.495 e. The van der Waals surface area contributed by atoms with Crippen molar-refractivity contribution in [3.05, 3.63) is 86.8 Å². The van der Waals surface area contributed by atoms with Gasteiger partial charge in [-0.25, -0.2) is 12.8 Å². The molecule has 0 fully saturated rings. The van der Waals surface area contributed by atoms with Gasteiger partial charge in [0.1, 0.15) is 16.4 Å². The molecule has 0 aliphatic carbocycles. The van der Waals surface area contributed by atoms with Gasteiger partial charge in [-0.15, -0.1) is 11.3 Å². The smallest absolute Gasteiger partial charge is 0.270 e. The minimum absolute atomic E-state index is 0.0231. The van der Waals surface area contributed by atoms with Gasteiger partial charge in [0.15, 0.2) is 4.91 Å². The van der Waals surface area contributed by atoms with Crippen LogP contribution in [0.3, 0.4) is 0 Å². The number of methoxy groups -OCH3 is 1. The fraction of sp³-hybridized carbons (Fsp3) is 0.136. The fourth-order valence-electron chi connectivity index (χ4n) is 3.29. The molecule has 0 amide bonds. The van der Waals surface area contributed by atoms with Crippen molar-refractivity contribution < 1.29 is 22.3 Å². The molecular formula is C22H19FN2O4S2. The third-order valence-corrected chi connectivity index (χ3v) is 7.53. The molecule has 2 aromatic carbocycles. The van der Waals surface area contributed by atoms with Gasteiger partial charge in [-0.3, -0.25) is 9.10 Å². The Morgan fingerprint density at radius 2 is 1.90 bits per heavy atom. The fourth-order valence-corrected chi connectivity index (χ4v) is 5.77. The Labute approximate surface area is 183 Å². The molecule has 2 heterocycles. The summed E-state index contributed by atoms with van der Waals surface area (Å²) in [4.78, 5) is 13.0. The Kier molecular flexibility index (Phi) is 5.55. The van der Waals surface area contributed by atoms with Crippen LogP contribution < -0.4 is 14.4 Å². The van der Waals surface area contributed by atoms with Crippen molar-refractivity contribution in [2.24, 2.45) is 0 Å². The molecule has 1 aliphatic rings. The summed E-state index contributed by atoms with van der Waals surface area (Å²) >= 11 is 1.18. The zero-order valence-corrected chi connectivity index (χ0v) is 18.4. The molecular weight excluding hydrogens is 439 g/mol. The van der Waals surface area contributed by atoms with Gasteiger partial charge in [0.05, 0.1) is 25.0 Å². The van der Waals surface area contributed by atoms with Gasteiger partial charge in [-0.05, 0) is 53.8 Å². The Hall–Kier alpha value is -3.17. The molecule has 1 N–H and O–H groups in total. The first-order valence-corrected chi connectivity index (χ1v) is 11.6. The van der Waals surface area contributed by atoms with Crippen LogP contribution in [0.1, 0.15) is 20.8 Å². The number of sulfonamides is 1. The van der Waals surface area contributed by atoms with Crippen molar-refractivity contribution in [3.8, 4) is 5.75 Å². The topological polar surface area (TPSA) is 75.7 Å². The van der Waals surface area contributed by atoms with Crippen molar-refractivity contribution in [3.63, 3.8) is 0 Å². The zero-order valence-electron chi connectivity index (χ0n) is 16.8. The standard InChI is InChI=1S/C22H19FN2O4S2/c1-14-3-8-19(29-2)17(11-14)24-12-20-21(26)22-18(9-10-30-22)25(31(20,27)28)13-15-4-6-16(23)7-5-15/h3-12,24H,13H2,1-2H3/b20-12-. The molecule has 0 saturated heterocycles. The SMILES string of the molecule is COc1ccc(C)cc1N/C=C1/C(=O)c2sccc2N(Cc2ccc(F)cc2)S1(=O)=O. The third-order valence-electron chi connectivity index (χ3n) is 4.86. The highest BCUT2D eigenvalue weighted by Gasteiger charge is 2.41. The Morgan fingerprint density at radius 3 is 2.61 bits per heavy atom. The maximum Gasteiger partial charge on any atom is 0.270 e. The van der Waals surface area contributed by atoms with Crippen LogP contribution in [0.2, 0.25) is 0 Å². The summed E-state index contributed by atoms with van der Waals surface area (Å²) in [6.07, 6.45) is 1.20. The molecule has 0 bridgehead atoms. The monoisotopic (exact) mass is 458 g/mol. The van der Waals surface area contributed by atoms with E-state index in [1.807, 2.05) is 13.0 Å². The second kappa shape index (κ2) is 8.16. The van der Waals surface area contributed by atoms with Crippen LogP contribution in [-0.4, -0.2) is 21.3 Å². The number of hydrogen-bond donors (Lipinski definition) is 1. The van der Waals surface area contributed by atoms with E-state index in [0.717, 1.165) is 5.56 Å². The lowest BCUT2D eigenvalue weighted by Gasteiger charge is -2.29. The van der Waals surface area contributed by atoms with Gasteiger partial charge in [0.2, 0.25) is 5.78 Å². The molecule has 0 atom stereocenters. The molecule has 0 unspecified atom stereocenters. The Morgan fingerprint density at radius 1 is 1.16 bits per heavy atom. The predicted molar refractivity (Wildman–Crippen MR) is 120 cm³/mol. The van der Waals surface area contributed by atoms with E-state index in [2.05, 4.69) is 5.32 Å². The number of nitrogens with zero attached hydrogens (tertiary/aromatic N) is 1. The van der Waals surface area contributed by atoms with Crippen molar-refractivity contribution in [2.45, 2.75) is 13.5 Å². The number of carbonyl (C=O) groups is 1. The van der Waals surface area contributed by atoms with Crippen LogP contribution in [0, 0.1) is 12.7 Å². The molecule has 1 aromatic heterocycles. The van der Waals surface area contributed by atoms with E-state index in [4.69, 9.17) is 4.74 Å². The first-order valence-electron chi connectivity index (χ1n) is 9.32.